The van der Waals surface area contributed by atoms with Gasteiger partial charge in [-0.3, -0.25) is 13.8 Å². The quantitative estimate of drug-likeness (QED) is 0.654. The lowest BCUT2D eigenvalue weighted by atomic mass is 10.0. The smallest absolute Gasteiger partial charge is 0.300 e. The number of thioether (sulfide) groups is 1. The molecule has 0 radical (unpaired) electrons. The summed E-state index contributed by atoms with van der Waals surface area (Å²) in [5.41, 5.74) is -0.0635. The Hall–Kier alpha value is -2.26. The molecule has 1 aliphatic heterocycles. The fourth-order valence-corrected chi connectivity index (χ4v) is 4.01. The third kappa shape index (κ3) is 3.24. The van der Waals surface area contributed by atoms with Gasteiger partial charge in [0.25, 0.3) is 0 Å². The lowest BCUT2D eigenvalue weighted by Crippen LogP contribution is -2.20. The molecule has 1 aliphatic rings. The first kappa shape index (κ1) is 17.2. The van der Waals surface area contributed by atoms with E-state index in [-0.39, 0.29) is 11.3 Å². The molecular weight excluding hydrogens is 362 g/mol. The van der Waals surface area contributed by atoms with Crippen LogP contribution in [-0.2, 0) is 4.74 Å². The van der Waals surface area contributed by atoms with Crippen LogP contribution in [-0.4, -0.2) is 38.1 Å². The van der Waals surface area contributed by atoms with Gasteiger partial charge in [-0.15, -0.1) is 10.2 Å². The van der Waals surface area contributed by atoms with Gasteiger partial charge >= 0.3 is 5.56 Å². The summed E-state index contributed by atoms with van der Waals surface area (Å²) in [6.45, 7) is 1.56. The van der Waals surface area contributed by atoms with E-state index in [0.29, 0.717) is 11.1 Å². The SMILES string of the molecule is O=c1c2nnc(SCC3CCOCC3)n2ccn1-c1ccc(F)c(F)c1. The van der Waals surface area contributed by atoms with Crippen molar-refractivity contribution in [3.8, 4) is 5.69 Å². The summed E-state index contributed by atoms with van der Waals surface area (Å²) in [5.74, 6) is -0.527. The monoisotopic (exact) mass is 378 g/mol. The number of rotatable bonds is 4. The summed E-state index contributed by atoms with van der Waals surface area (Å²) in [6, 6.07) is 3.30. The molecule has 1 saturated heterocycles. The molecule has 2 aromatic heterocycles. The van der Waals surface area contributed by atoms with Crippen molar-refractivity contribution in [2.24, 2.45) is 5.92 Å². The largest absolute Gasteiger partial charge is 0.381 e. The highest BCUT2D eigenvalue weighted by Gasteiger charge is 2.17. The fourth-order valence-electron chi connectivity index (χ4n) is 2.91. The molecular formula is C17H16F2N4O2S. The minimum Gasteiger partial charge on any atom is -0.381 e. The van der Waals surface area contributed by atoms with E-state index < -0.39 is 17.2 Å². The number of nitrogens with zero attached hydrogens (tertiary/aromatic N) is 4. The Labute approximate surface area is 151 Å². The molecule has 1 fully saturated rings. The Bertz CT molecular complexity index is 998. The predicted octanol–water partition coefficient (Wildman–Crippen LogP) is 2.68. The van der Waals surface area contributed by atoms with E-state index in [1.54, 1.807) is 22.4 Å². The number of fused-ring (bicyclic) bond motifs is 1. The zero-order valence-electron chi connectivity index (χ0n) is 13.8. The van der Waals surface area contributed by atoms with Crippen LogP contribution >= 0.6 is 11.8 Å². The van der Waals surface area contributed by atoms with E-state index in [2.05, 4.69) is 10.2 Å². The van der Waals surface area contributed by atoms with Crippen LogP contribution in [0.2, 0.25) is 0 Å². The Morgan fingerprint density at radius 2 is 1.96 bits per heavy atom. The van der Waals surface area contributed by atoms with Crippen molar-refractivity contribution in [2.75, 3.05) is 19.0 Å². The van der Waals surface area contributed by atoms with Gasteiger partial charge in [-0.05, 0) is 30.9 Å². The van der Waals surface area contributed by atoms with Crippen molar-refractivity contribution < 1.29 is 13.5 Å². The van der Waals surface area contributed by atoms with Crippen molar-refractivity contribution in [3.05, 3.63) is 52.6 Å². The van der Waals surface area contributed by atoms with Crippen molar-refractivity contribution in [2.45, 2.75) is 18.0 Å². The second-order valence-electron chi connectivity index (χ2n) is 6.11. The first-order chi connectivity index (χ1) is 12.6. The van der Waals surface area contributed by atoms with Crippen LogP contribution in [0.25, 0.3) is 11.3 Å². The Kier molecular flexibility index (Phi) is 4.73. The van der Waals surface area contributed by atoms with E-state index in [1.165, 1.54) is 16.8 Å². The van der Waals surface area contributed by atoms with Crippen LogP contribution in [0.15, 0.2) is 40.5 Å². The molecule has 0 amide bonds. The van der Waals surface area contributed by atoms with Gasteiger partial charge in [0.15, 0.2) is 16.8 Å². The van der Waals surface area contributed by atoms with E-state index >= 15 is 0 Å². The summed E-state index contributed by atoms with van der Waals surface area (Å²) in [5, 5.41) is 8.72. The van der Waals surface area contributed by atoms with Crippen LogP contribution in [0.3, 0.4) is 0 Å². The maximum Gasteiger partial charge on any atom is 0.300 e. The first-order valence-electron chi connectivity index (χ1n) is 8.26. The topological polar surface area (TPSA) is 61.4 Å². The van der Waals surface area contributed by atoms with Crippen molar-refractivity contribution >= 4 is 17.4 Å². The van der Waals surface area contributed by atoms with Crippen molar-refractivity contribution in [3.63, 3.8) is 0 Å². The summed E-state index contributed by atoms with van der Waals surface area (Å²) in [6.07, 6.45) is 5.20. The number of halogens is 2. The molecule has 0 atom stereocenters. The third-order valence-electron chi connectivity index (χ3n) is 4.41. The summed E-state index contributed by atoms with van der Waals surface area (Å²) in [7, 11) is 0. The minimum atomic E-state index is -1.01. The predicted molar refractivity (Wildman–Crippen MR) is 92.8 cm³/mol. The highest BCUT2D eigenvalue weighted by molar-refractivity contribution is 7.99. The summed E-state index contributed by atoms with van der Waals surface area (Å²) in [4.78, 5) is 12.6. The number of benzene rings is 1. The van der Waals surface area contributed by atoms with E-state index in [1.807, 2.05) is 0 Å². The Morgan fingerprint density at radius 3 is 2.73 bits per heavy atom. The normalized spacial score (nSPS) is 15.6. The van der Waals surface area contributed by atoms with Gasteiger partial charge in [0.2, 0.25) is 5.65 Å². The number of aromatic nitrogens is 4. The lowest BCUT2D eigenvalue weighted by molar-refractivity contribution is 0.0728. The summed E-state index contributed by atoms with van der Waals surface area (Å²) >= 11 is 1.55. The van der Waals surface area contributed by atoms with Gasteiger partial charge in [-0.1, -0.05) is 11.8 Å². The van der Waals surface area contributed by atoms with Crippen molar-refractivity contribution in [1.29, 1.82) is 0 Å². The number of hydrogen-bond donors (Lipinski definition) is 0. The zero-order chi connectivity index (χ0) is 18.1. The molecule has 4 rings (SSSR count). The van der Waals surface area contributed by atoms with E-state index in [9.17, 15) is 13.6 Å². The average molecular weight is 378 g/mol. The molecule has 0 spiro atoms. The van der Waals surface area contributed by atoms with Crippen molar-refractivity contribution in [1.82, 2.24) is 19.2 Å². The van der Waals surface area contributed by atoms with Crippen LogP contribution in [0.5, 0.6) is 0 Å². The third-order valence-corrected chi connectivity index (χ3v) is 5.58. The molecule has 0 bridgehead atoms. The first-order valence-corrected chi connectivity index (χ1v) is 9.24. The van der Waals surface area contributed by atoms with E-state index in [0.717, 1.165) is 43.9 Å². The van der Waals surface area contributed by atoms with Gasteiger partial charge in [0.05, 0.1) is 5.69 Å². The standard InChI is InChI=1S/C17H16F2N4O2S/c18-13-2-1-12(9-14(13)19)22-5-6-23-15(16(22)24)20-21-17(23)26-10-11-3-7-25-8-4-11/h1-2,5-6,9,11H,3-4,7-8,10H2. The molecule has 0 unspecified atom stereocenters. The molecule has 26 heavy (non-hydrogen) atoms. The maximum absolute atomic E-state index is 13.5. The van der Waals surface area contributed by atoms with Gasteiger partial charge in [0.1, 0.15) is 0 Å². The lowest BCUT2D eigenvalue weighted by Gasteiger charge is -2.20. The zero-order valence-corrected chi connectivity index (χ0v) is 14.6. The summed E-state index contributed by atoms with van der Waals surface area (Å²) < 4.78 is 34.8. The average Bonchev–Trinajstić information content (AvgIpc) is 3.08. The number of hydrogen-bond acceptors (Lipinski definition) is 5. The van der Waals surface area contributed by atoms with Gasteiger partial charge in [-0.2, -0.15) is 0 Å². The Morgan fingerprint density at radius 1 is 1.15 bits per heavy atom. The molecule has 0 saturated carbocycles. The highest BCUT2D eigenvalue weighted by Crippen LogP contribution is 2.24. The van der Waals surface area contributed by atoms with Gasteiger partial charge in [0, 0.05) is 37.4 Å². The van der Waals surface area contributed by atoms with Gasteiger partial charge in [-0.25, -0.2) is 8.78 Å². The molecule has 6 nitrogen and oxygen atoms in total. The molecule has 9 heteroatoms. The van der Waals surface area contributed by atoms with E-state index in [4.69, 9.17) is 4.74 Å². The molecule has 0 N–H and O–H groups in total. The van der Waals surface area contributed by atoms with Crippen LogP contribution < -0.4 is 5.56 Å². The van der Waals surface area contributed by atoms with Crippen LogP contribution in [0.1, 0.15) is 12.8 Å². The second-order valence-corrected chi connectivity index (χ2v) is 7.10. The second kappa shape index (κ2) is 7.16. The highest BCUT2D eigenvalue weighted by atomic mass is 32.2. The molecule has 1 aromatic carbocycles. The Balaban J connectivity index is 1.62. The fraction of sp³-hybridized carbons (Fsp3) is 0.353. The molecule has 0 aliphatic carbocycles. The molecule has 3 aromatic rings. The minimum absolute atomic E-state index is 0.145. The van der Waals surface area contributed by atoms with Crippen LogP contribution in [0.4, 0.5) is 8.78 Å². The molecule has 3 heterocycles. The van der Waals surface area contributed by atoms with Gasteiger partial charge < -0.3 is 4.74 Å². The maximum atomic E-state index is 13.5. The molecule has 136 valence electrons. The van der Waals surface area contributed by atoms with Crippen LogP contribution in [0, 0.1) is 17.6 Å². The number of ether oxygens (including phenoxy) is 1.